The van der Waals surface area contributed by atoms with Crippen LogP contribution in [0.3, 0.4) is 0 Å². The maximum atomic E-state index is 9.28. The van der Waals surface area contributed by atoms with Gasteiger partial charge < -0.3 is 36.4 Å². The van der Waals surface area contributed by atoms with Crippen LogP contribution in [0.25, 0.3) is 0 Å². The molecule has 0 spiro atoms. The molecule has 14 nitrogen and oxygen atoms in total. The van der Waals surface area contributed by atoms with Gasteiger partial charge in [-0.2, -0.15) is 0 Å². The van der Waals surface area contributed by atoms with Gasteiger partial charge in [-0.3, -0.25) is 5.41 Å². The zero-order valence-electron chi connectivity index (χ0n) is 7.39. The molecule has 0 radical (unpaired) electrons. The third kappa shape index (κ3) is 257. The van der Waals surface area contributed by atoms with Gasteiger partial charge in [-0.25, -0.2) is 10.1 Å². The second kappa shape index (κ2) is 16.0. The third-order valence-corrected chi connectivity index (χ3v) is 0.212. The molecule has 0 amide bonds. The molecule has 0 aliphatic rings. The van der Waals surface area contributed by atoms with E-state index in [1.807, 2.05) is 0 Å². The van der Waals surface area contributed by atoms with E-state index in [1.165, 1.54) is 5.43 Å². The molecule has 4 N–H and O–H groups in total. The van der Waals surface area contributed by atoms with Crippen LogP contribution in [0.15, 0.2) is 0 Å². The van der Waals surface area contributed by atoms with Crippen molar-refractivity contribution in [2.75, 3.05) is 0 Å². The molecule has 15 heteroatoms. The number of hydrazine groups is 1. The van der Waals surface area contributed by atoms with Crippen molar-refractivity contribution in [1.82, 2.24) is 5.43 Å². The zero-order valence-corrected chi connectivity index (χ0v) is 10.9. The molecular weight excluding hydrogens is 312 g/mol. The Kier molecular flexibility index (Phi) is 24.0. The van der Waals surface area contributed by atoms with Crippen LogP contribution in [-0.4, -0.2) is 66.6 Å². The minimum Gasteiger partial charge on any atom is -0.366 e. The first-order chi connectivity index (χ1) is 6.59. The summed E-state index contributed by atoms with van der Waals surface area (Å²) in [5, 5.41) is 44.1. The molecule has 0 unspecified atom stereocenters. The van der Waals surface area contributed by atoms with E-state index < -0.39 is 21.2 Å². The van der Waals surface area contributed by atoms with Crippen molar-refractivity contribution in [2.24, 2.45) is 5.73 Å². The fourth-order valence-corrected chi connectivity index (χ4v) is 0.0983. The molecular formula is CH4N6O8Sr. The minimum absolute atomic E-state index is 0. The van der Waals surface area contributed by atoms with Crippen LogP contribution in [-0.2, 0) is 0 Å². The Morgan fingerprint density at radius 1 is 1.00 bits per heavy atom. The van der Waals surface area contributed by atoms with Crippen LogP contribution in [0, 0.1) is 46.2 Å². The van der Waals surface area contributed by atoms with Gasteiger partial charge >= 0.3 is 45.5 Å². The first-order valence-corrected chi connectivity index (χ1v) is 2.47. The molecule has 0 fully saturated rings. The molecule has 0 rings (SSSR count). The van der Waals surface area contributed by atoms with E-state index in [2.05, 4.69) is 5.73 Å². The number of nitrogens with two attached hydrogens (primary N) is 1. The first kappa shape index (κ1) is 24.0. The van der Waals surface area contributed by atoms with E-state index in [1.54, 1.807) is 0 Å². The summed E-state index contributed by atoms with van der Waals surface area (Å²) in [4.78, 5) is 25.8. The summed E-state index contributed by atoms with van der Waals surface area (Å²) in [6, 6.07) is 0. The van der Waals surface area contributed by atoms with Gasteiger partial charge in [0.05, 0.1) is 10.2 Å². The van der Waals surface area contributed by atoms with Gasteiger partial charge in [0.1, 0.15) is 0 Å². The molecule has 0 aliphatic heterocycles. The maximum absolute atomic E-state index is 9.28. The summed E-state index contributed by atoms with van der Waals surface area (Å²) >= 11 is 0. The van der Waals surface area contributed by atoms with E-state index in [0.29, 0.717) is 0 Å². The van der Waals surface area contributed by atoms with Crippen LogP contribution in [0.1, 0.15) is 0 Å². The fourth-order valence-electron chi connectivity index (χ4n) is 0.0983. The van der Waals surface area contributed by atoms with Gasteiger partial charge in [-0.1, -0.05) is 5.43 Å². The average molecular weight is 316 g/mol. The van der Waals surface area contributed by atoms with Crippen molar-refractivity contribution in [3.8, 4) is 0 Å². The monoisotopic (exact) mass is 316 g/mol. The largest absolute Gasteiger partial charge is 2.00 e. The van der Waals surface area contributed by atoms with Crippen molar-refractivity contribution in [3.05, 3.63) is 40.8 Å². The Hall–Kier alpha value is -1.45. The van der Waals surface area contributed by atoms with Crippen LogP contribution < -0.4 is 11.2 Å². The predicted molar refractivity (Wildman–Crippen MR) is 48.5 cm³/mol. The van der Waals surface area contributed by atoms with Crippen molar-refractivity contribution in [2.45, 2.75) is 0 Å². The summed E-state index contributed by atoms with van der Waals surface area (Å²) in [5.74, 6) is -0.662. The second-order valence-electron chi connectivity index (χ2n) is 1.23. The summed E-state index contributed by atoms with van der Waals surface area (Å²) in [6.07, 6.45) is 0. The number of nitro groups is 1. The molecule has 16 heavy (non-hydrogen) atoms. The van der Waals surface area contributed by atoms with Gasteiger partial charge in [0.15, 0.2) is 5.03 Å². The number of rotatable bonds is 1. The Balaban J connectivity index is -0.0000000700. The number of guanidine groups is 1. The maximum Gasteiger partial charge on any atom is 2.00 e. The predicted octanol–water partition coefficient (Wildman–Crippen LogP) is -2.20. The molecule has 0 saturated carbocycles. The normalized spacial score (nSPS) is 6.25. The number of hydrogen-bond acceptors (Lipinski definition) is 9. The van der Waals surface area contributed by atoms with Crippen molar-refractivity contribution in [1.29, 1.82) is 5.41 Å². The molecule has 0 heterocycles. The molecule has 88 valence electrons. The molecule has 0 aromatic carbocycles. The molecule has 0 aromatic rings. The average Bonchev–Trinajstić information content (AvgIpc) is 1.78. The second-order valence-corrected chi connectivity index (χ2v) is 1.23. The van der Waals surface area contributed by atoms with E-state index in [-0.39, 0.29) is 45.5 Å². The van der Waals surface area contributed by atoms with Crippen LogP contribution in [0.5, 0.6) is 0 Å². The Morgan fingerprint density at radius 3 is 1.19 bits per heavy atom. The van der Waals surface area contributed by atoms with E-state index in [4.69, 9.17) is 36.1 Å². The first-order valence-electron chi connectivity index (χ1n) is 2.47. The van der Waals surface area contributed by atoms with Gasteiger partial charge in [0, 0.05) is 0 Å². The Labute approximate surface area is 123 Å². The molecule has 0 bridgehead atoms. The smallest absolute Gasteiger partial charge is 0.366 e. The van der Waals surface area contributed by atoms with E-state index in [9.17, 15) is 10.1 Å². The summed E-state index contributed by atoms with van der Waals surface area (Å²) < 4.78 is 0. The van der Waals surface area contributed by atoms with Crippen LogP contribution in [0.2, 0.25) is 0 Å². The minimum atomic E-state index is -1.75. The quantitative estimate of drug-likeness (QED) is 0.155. The fraction of sp³-hybridized carbons (Fsp3) is 0. The summed E-state index contributed by atoms with van der Waals surface area (Å²) in [6.45, 7) is 0. The van der Waals surface area contributed by atoms with Crippen LogP contribution in [0.4, 0.5) is 0 Å². The number of nitrogens with zero attached hydrogens (tertiary/aromatic N) is 3. The number of nitrogens with one attached hydrogen (secondary N) is 2. The topological polar surface area (TPSA) is 237 Å². The zero-order chi connectivity index (χ0) is 13.0. The van der Waals surface area contributed by atoms with Crippen molar-refractivity contribution >= 4 is 51.4 Å². The molecule has 0 aliphatic carbocycles. The van der Waals surface area contributed by atoms with Gasteiger partial charge in [0.2, 0.25) is 5.96 Å². The summed E-state index contributed by atoms with van der Waals surface area (Å²) in [5.41, 5.74) is 5.91. The molecule has 0 aromatic heterocycles. The van der Waals surface area contributed by atoms with Crippen molar-refractivity contribution in [3.63, 3.8) is 0 Å². The van der Waals surface area contributed by atoms with Gasteiger partial charge in [-0.05, 0) is 0 Å². The third-order valence-electron chi connectivity index (χ3n) is 0.212. The van der Waals surface area contributed by atoms with Crippen molar-refractivity contribution < 1.29 is 15.2 Å². The van der Waals surface area contributed by atoms with Crippen LogP contribution >= 0.6 is 0 Å². The van der Waals surface area contributed by atoms with E-state index in [0.717, 1.165) is 0 Å². The Morgan fingerprint density at radius 2 is 1.19 bits per heavy atom. The number of hydrogen-bond donors (Lipinski definition) is 3. The summed E-state index contributed by atoms with van der Waals surface area (Å²) in [7, 11) is 0. The van der Waals surface area contributed by atoms with E-state index >= 15 is 0 Å². The van der Waals surface area contributed by atoms with Gasteiger partial charge in [-0.15, -0.1) is 0 Å². The SMILES string of the molecule is N=C(N)N[N+](=O)[O-].O=[N+]([O-])[O-].O=[N+]([O-])[O-].[Sr+2]. The molecule has 0 saturated heterocycles. The van der Waals surface area contributed by atoms with Gasteiger partial charge in [0.25, 0.3) is 0 Å². The standard InChI is InChI=1S/CH4N4O2.2NO3.Sr/c2-1(3)4-5(6)7;2*2-1(3)4;/h(H4,2,3,4);;;/q;2*-1;+2. The molecule has 0 atom stereocenters. The Bertz CT molecular complexity index is 209.